The standard InChI is InChI=1S/C34H39F7N2O4.C34H35F7N2O4/c2*1-19(22-13-24(33(36,37)38)17-25(14-22)34(39,40)41)46-28-18-43-27(30(28)21-5-7-26(35)8-6-21)15-23(16-29(43)44)20-9-11-42(12-10-20)31(45)47-32(2,3)4/h5-8,13-14,17,19-20,23,27-28,30H,9-12,15-16,18H2,1-4H3;5-9,13-14,16-17,19,27-28,30H,10-12,15,18H2,1-4H3/t19-,23?,27?,28?,30+;19-,27?,28?,30+/m11/s1. The molecule has 0 bridgehead atoms. The molecule has 512 valence electrons. The maximum atomic E-state index is 13.9. The van der Waals surface area contributed by atoms with Crippen LogP contribution in [0.5, 0.6) is 0 Å². The van der Waals surface area contributed by atoms with Gasteiger partial charge >= 0.3 is 36.9 Å². The number of hydrogen-bond donors (Lipinski definition) is 0. The van der Waals surface area contributed by atoms with Crippen molar-refractivity contribution >= 4 is 24.0 Å². The molecule has 94 heavy (non-hydrogen) atoms. The molecular formula is C68H74F14N4O8. The summed E-state index contributed by atoms with van der Waals surface area (Å²) in [6.07, 6.45) is -18.4. The average Bonchev–Trinajstić information content (AvgIpc) is 1.59. The maximum absolute atomic E-state index is 13.9. The van der Waals surface area contributed by atoms with Crippen molar-refractivity contribution in [2.75, 3.05) is 39.3 Å². The van der Waals surface area contributed by atoms with Gasteiger partial charge in [0.1, 0.15) is 22.8 Å². The van der Waals surface area contributed by atoms with Crippen LogP contribution in [0.4, 0.5) is 71.1 Å². The molecule has 6 aliphatic rings. The summed E-state index contributed by atoms with van der Waals surface area (Å²) < 4.78 is 214. The minimum absolute atomic E-state index is 0.0125. The SMILES string of the molecule is C[C@@H](OC1CN2C(=O)C=C(C3=CCN(C(=O)OC(C)(C)C)CC3)CC2[C@@H]1c1ccc(F)cc1)c1cc(C(F)(F)F)cc(C(F)(F)F)c1.C[C@@H](OC1CN2C(=O)CC(C3CCN(C(=O)OC(C)(C)C)CC3)CC2[C@@H]1c1ccc(F)cc1)c1cc(C(F)(F)F)cc(C(F)(F)F)c1. The van der Waals surface area contributed by atoms with E-state index in [0.717, 1.165) is 11.1 Å². The van der Waals surface area contributed by atoms with Gasteiger partial charge < -0.3 is 38.5 Å². The number of fused-ring (bicyclic) bond motifs is 2. The quantitative estimate of drug-likeness (QED) is 0.144. The van der Waals surface area contributed by atoms with E-state index in [4.69, 9.17) is 18.9 Å². The molecule has 26 heteroatoms. The Balaban J connectivity index is 0.000000221. The Labute approximate surface area is 535 Å². The second-order valence-corrected chi connectivity index (χ2v) is 26.9. The third-order valence-corrected chi connectivity index (χ3v) is 18.1. The summed E-state index contributed by atoms with van der Waals surface area (Å²) in [5, 5.41) is 0. The zero-order valence-electron chi connectivity index (χ0n) is 52.8. The van der Waals surface area contributed by atoms with Crippen LogP contribution in [0, 0.1) is 23.5 Å². The van der Waals surface area contributed by atoms with Crippen LogP contribution in [-0.4, -0.2) is 118 Å². The van der Waals surface area contributed by atoms with Gasteiger partial charge in [-0.05, 0) is 193 Å². The Kier molecular flexibility index (Phi) is 20.5. The molecule has 6 aliphatic heterocycles. The predicted octanol–water partition coefficient (Wildman–Crippen LogP) is 16.6. The van der Waals surface area contributed by atoms with Gasteiger partial charge in [0.05, 0.1) is 46.7 Å². The van der Waals surface area contributed by atoms with E-state index in [0.29, 0.717) is 87.1 Å². The van der Waals surface area contributed by atoms with E-state index in [-0.39, 0.29) is 85.1 Å². The summed E-state index contributed by atoms with van der Waals surface area (Å²) in [5.41, 5.74) is -4.76. The lowest BCUT2D eigenvalue weighted by molar-refractivity contribution is -0.145. The van der Waals surface area contributed by atoms with Crippen molar-refractivity contribution < 1.29 is 99.6 Å². The number of halogens is 14. The lowest BCUT2D eigenvalue weighted by Crippen LogP contribution is -2.48. The number of ether oxygens (including phenoxy) is 4. The van der Waals surface area contributed by atoms with E-state index in [9.17, 15) is 80.6 Å². The maximum Gasteiger partial charge on any atom is 0.416 e. The second kappa shape index (κ2) is 27.1. The normalized spacial score (nSPS) is 24.0. The van der Waals surface area contributed by atoms with Crippen LogP contribution in [-0.2, 0) is 53.2 Å². The molecule has 12 nitrogen and oxygen atoms in total. The molecule has 4 amide bonds. The number of benzene rings is 4. The van der Waals surface area contributed by atoms with Crippen LogP contribution in [0.15, 0.2) is 108 Å². The van der Waals surface area contributed by atoms with Crippen molar-refractivity contribution in [3.63, 3.8) is 0 Å². The van der Waals surface area contributed by atoms with Crippen LogP contribution in [0.2, 0.25) is 0 Å². The Morgan fingerprint density at radius 3 is 1.33 bits per heavy atom. The Hall–Kier alpha value is -7.22. The highest BCUT2D eigenvalue weighted by molar-refractivity contribution is 5.91. The van der Waals surface area contributed by atoms with E-state index in [1.165, 1.54) is 56.3 Å². The van der Waals surface area contributed by atoms with Crippen LogP contribution >= 0.6 is 0 Å². The first-order valence-corrected chi connectivity index (χ1v) is 31.0. The van der Waals surface area contributed by atoms with Gasteiger partial charge in [0.25, 0.3) is 0 Å². The molecule has 0 aromatic heterocycles. The van der Waals surface area contributed by atoms with Gasteiger partial charge in [0, 0.05) is 75.7 Å². The molecule has 4 aromatic carbocycles. The second-order valence-electron chi connectivity index (χ2n) is 26.9. The summed E-state index contributed by atoms with van der Waals surface area (Å²) in [7, 11) is 0. The molecule has 0 radical (unpaired) electrons. The van der Waals surface area contributed by atoms with E-state index in [2.05, 4.69) is 0 Å². The monoisotopic (exact) mass is 1340 g/mol. The summed E-state index contributed by atoms with van der Waals surface area (Å²) in [6, 6.07) is 13.1. The molecule has 4 aromatic rings. The lowest BCUT2D eigenvalue weighted by Gasteiger charge is -2.42. The molecule has 0 aliphatic carbocycles. The topological polar surface area (TPSA) is 118 Å². The fourth-order valence-corrected chi connectivity index (χ4v) is 13.6. The summed E-state index contributed by atoms with van der Waals surface area (Å²) >= 11 is 0. The minimum Gasteiger partial charge on any atom is -0.444 e. The van der Waals surface area contributed by atoms with Gasteiger partial charge in [0.15, 0.2) is 0 Å². The smallest absolute Gasteiger partial charge is 0.416 e. The van der Waals surface area contributed by atoms with Gasteiger partial charge in [-0.15, -0.1) is 0 Å². The molecule has 0 spiro atoms. The summed E-state index contributed by atoms with van der Waals surface area (Å²) in [4.78, 5) is 58.6. The van der Waals surface area contributed by atoms with E-state index >= 15 is 0 Å². The summed E-state index contributed by atoms with van der Waals surface area (Å²) in [6.45, 7) is 15.2. The van der Waals surface area contributed by atoms with Crippen LogP contribution in [0.25, 0.3) is 0 Å². The third kappa shape index (κ3) is 17.1. The Morgan fingerprint density at radius 2 is 0.926 bits per heavy atom. The number of carbonyl (C=O) groups is 4. The van der Waals surface area contributed by atoms with Gasteiger partial charge in [-0.3, -0.25) is 9.59 Å². The van der Waals surface area contributed by atoms with E-state index in [1.807, 2.05) is 6.08 Å². The van der Waals surface area contributed by atoms with Crippen molar-refractivity contribution in [1.82, 2.24) is 19.6 Å². The highest BCUT2D eigenvalue weighted by Crippen LogP contribution is 2.49. The van der Waals surface area contributed by atoms with Gasteiger partial charge in [0.2, 0.25) is 11.8 Å². The Bertz CT molecular complexity index is 3410. The van der Waals surface area contributed by atoms with Crippen molar-refractivity contribution in [3.05, 3.63) is 164 Å². The molecule has 5 unspecified atom stereocenters. The number of likely N-dealkylation sites (tertiary alicyclic amines) is 1. The van der Waals surface area contributed by atoms with Crippen LogP contribution in [0.1, 0.15) is 162 Å². The van der Waals surface area contributed by atoms with Crippen molar-refractivity contribution in [3.8, 4) is 0 Å². The van der Waals surface area contributed by atoms with E-state index < -0.39 is 118 Å². The molecule has 0 saturated carbocycles. The largest absolute Gasteiger partial charge is 0.444 e. The van der Waals surface area contributed by atoms with Crippen LogP contribution in [0.3, 0.4) is 0 Å². The number of carbonyl (C=O) groups excluding carboxylic acids is 4. The summed E-state index contributed by atoms with van der Waals surface area (Å²) in [5.74, 6) is -2.35. The number of piperidine rings is 2. The number of nitrogens with zero attached hydrogens (tertiary/aromatic N) is 4. The van der Waals surface area contributed by atoms with Gasteiger partial charge in [-0.25, -0.2) is 18.4 Å². The molecule has 9 atom stereocenters. The van der Waals surface area contributed by atoms with Crippen molar-refractivity contribution in [1.29, 1.82) is 0 Å². The first-order valence-electron chi connectivity index (χ1n) is 31.0. The third-order valence-electron chi connectivity index (χ3n) is 18.1. The first-order chi connectivity index (χ1) is 43.6. The minimum atomic E-state index is -5.02. The number of amides is 4. The number of hydrogen-bond acceptors (Lipinski definition) is 8. The van der Waals surface area contributed by atoms with Crippen LogP contribution < -0.4 is 0 Å². The van der Waals surface area contributed by atoms with E-state index in [1.54, 1.807) is 73.3 Å². The fraction of sp³-hybridized carbons (Fsp3) is 0.529. The zero-order chi connectivity index (χ0) is 68.9. The fourth-order valence-electron chi connectivity index (χ4n) is 13.6. The van der Waals surface area contributed by atoms with Crippen molar-refractivity contribution in [2.45, 2.75) is 178 Å². The van der Waals surface area contributed by atoms with Gasteiger partial charge in [-0.2, -0.15) is 52.7 Å². The highest BCUT2D eigenvalue weighted by atomic mass is 19.4. The molecule has 4 saturated heterocycles. The number of alkyl halides is 12. The molecule has 6 heterocycles. The lowest BCUT2D eigenvalue weighted by atomic mass is 9.74. The van der Waals surface area contributed by atoms with Gasteiger partial charge in [-0.1, -0.05) is 30.3 Å². The first kappa shape index (κ1) is 71.1. The molecule has 0 N–H and O–H groups in total. The Morgan fingerprint density at radius 1 is 0.511 bits per heavy atom. The highest BCUT2D eigenvalue weighted by Gasteiger charge is 2.52. The predicted molar refractivity (Wildman–Crippen MR) is 315 cm³/mol. The molecule has 10 rings (SSSR count). The number of rotatable bonds is 10. The molecule has 4 fully saturated rings. The average molecular weight is 1340 g/mol. The zero-order valence-corrected chi connectivity index (χ0v) is 52.8. The molecular weight excluding hydrogens is 1270 g/mol. The van der Waals surface area contributed by atoms with Crippen molar-refractivity contribution in [2.24, 2.45) is 11.8 Å².